The second kappa shape index (κ2) is 9.94. The van der Waals surface area contributed by atoms with Gasteiger partial charge in [-0.15, -0.1) is 0 Å². The van der Waals surface area contributed by atoms with Crippen LogP contribution in [0.5, 0.6) is 0 Å². The molecule has 0 heterocycles. The molecule has 1 aliphatic rings. The van der Waals surface area contributed by atoms with Gasteiger partial charge in [0, 0.05) is 12.1 Å². The monoisotopic (exact) mass is 360 g/mol. The van der Waals surface area contributed by atoms with Gasteiger partial charge in [0.25, 0.3) is 0 Å². The van der Waals surface area contributed by atoms with Crippen LogP contribution in [0.2, 0.25) is 0 Å². The van der Waals surface area contributed by atoms with Crippen LogP contribution >= 0.6 is 0 Å². The van der Waals surface area contributed by atoms with Crippen molar-refractivity contribution < 1.29 is 19.1 Å². The number of nitrogens with one attached hydrogen (secondary N) is 2. The third kappa shape index (κ3) is 6.17. The minimum absolute atomic E-state index is 0.0835. The van der Waals surface area contributed by atoms with E-state index in [0.29, 0.717) is 30.2 Å². The number of benzene rings is 1. The van der Waals surface area contributed by atoms with Crippen molar-refractivity contribution in [3.8, 4) is 0 Å². The summed E-state index contributed by atoms with van der Waals surface area (Å²) in [5, 5.41) is 5.49. The number of amides is 2. The highest BCUT2D eigenvalue weighted by Gasteiger charge is 2.20. The predicted molar refractivity (Wildman–Crippen MR) is 99.8 cm³/mol. The lowest BCUT2D eigenvalue weighted by Crippen LogP contribution is -2.42. The van der Waals surface area contributed by atoms with E-state index in [9.17, 15) is 14.4 Å². The fourth-order valence-corrected chi connectivity index (χ4v) is 3.21. The molecule has 1 saturated carbocycles. The Balaban J connectivity index is 1.85. The van der Waals surface area contributed by atoms with Crippen LogP contribution in [0.25, 0.3) is 0 Å². The first-order chi connectivity index (χ1) is 12.5. The van der Waals surface area contributed by atoms with Crippen molar-refractivity contribution in [1.82, 2.24) is 5.32 Å². The van der Waals surface area contributed by atoms with Gasteiger partial charge in [-0.2, -0.15) is 0 Å². The van der Waals surface area contributed by atoms with Gasteiger partial charge in [-0.3, -0.25) is 9.59 Å². The summed E-state index contributed by atoms with van der Waals surface area (Å²) in [5.74, 6) is -0.402. The van der Waals surface area contributed by atoms with Gasteiger partial charge < -0.3 is 15.4 Å². The Bertz CT molecular complexity index is 638. The average Bonchev–Trinajstić information content (AvgIpc) is 2.62. The summed E-state index contributed by atoms with van der Waals surface area (Å²) in [6, 6.07) is 5.92. The first-order valence-corrected chi connectivity index (χ1v) is 9.37. The first-order valence-electron chi connectivity index (χ1n) is 9.37. The number of hydrogen-bond donors (Lipinski definition) is 2. The zero-order chi connectivity index (χ0) is 18.9. The molecule has 1 aliphatic carbocycles. The second-order valence-corrected chi connectivity index (χ2v) is 6.79. The maximum atomic E-state index is 12.3. The van der Waals surface area contributed by atoms with E-state index in [4.69, 9.17) is 4.74 Å². The lowest BCUT2D eigenvalue weighted by atomic mass is 9.87. The van der Waals surface area contributed by atoms with Gasteiger partial charge in [0.1, 0.15) is 6.04 Å². The summed E-state index contributed by atoms with van der Waals surface area (Å²) in [4.78, 5) is 36.2. The van der Waals surface area contributed by atoms with Gasteiger partial charge in [0.2, 0.25) is 11.8 Å². The number of carbonyl (C=O) groups excluding carboxylic acids is 3. The van der Waals surface area contributed by atoms with Gasteiger partial charge in [-0.1, -0.05) is 25.3 Å². The fraction of sp³-hybridized carbons (Fsp3) is 0.550. The number of anilines is 1. The SMILES string of the molecule is CCOC(=O)c1cccc(NC(=O)C(C)NC(=O)CC2CCCCC2)c1. The van der Waals surface area contributed by atoms with E-state index in [0.717, 1.165) is 12.8 Å². The number of hydrogen-bond acceptors (Lipinski definition) is 4. The van der Waals surface area contributed by atoms with Crippen LogP contribution in [0, 0.1) is 5.92 Å². The maximum absolute atomic E-state index is 12.3. The number of carbonyl (C=O) groups is 3. The molecule has 1 fully saturated rings. The Hall–Kier alpha value is -2.37. The molecule has 2 N–H and O–H groups in total. The molecular weight excluding hydrogens is 332 g/mol. The van der Waals surface area contributed by atoms with E-state index in [-0.39, 0.29) is 11.8 Å². The smallest absolute Gasteiger partial charge is 0.338 e. The fourth-order valence-electron chi connectivity index (χ4n) is 3.21. The molecule has 1 aromatic carbocycles. The Kier molecular flexibility index (Phi) is 7.63. The summed E-state index contributed by atoms with van der Waals surface area (Å²) in [6.07, 6.45) is 6.29. The lowest BCUT2D eigenvalue weighted by Gasteiger charge is -2.22. The third-order valence-corrected chi connectivity index (χ3v) is 4.61. The molecular formula is C20H28N2O4. The van der Waals surface area contributed by atoms with E-state index in [1.807, 2.05) is 0 Å². The van der Waals surface area contributed by atoms with Crippen molar-refractivity contribution in [3.63, 3.8) is 0 Å². The van der Waals surface area contributed by atoms with Crippen molar-refractivity contribution in [2.24, 2.45) is 5.92 Å². The number of esters is 1. The molecule has 0 saturated heterocycles. The normalized spacial score (nSPS) is 15.8. The van der Waals surface area contributed by atoms with E-state index in [2.05, 4.69) is 10.6 Å². The van der Waals surface area contributed by atoms with Gasteiger partial charge in [0.05, 0.1) is 12.2 Å². The summed E-state index contributed by atoms with van der Waals surface area (Å²) < 4.78 is 4.95. The van der Waals surface area contributed by atoms with Crippen LogP contribution in [0.1, 0.15) is 62.7 Å². The Morgan fingerprint density at radius 2 is 1.92 bits per heavy atom. The van der Waals surface area contributed by atoms with Crippen LogP contribution in [0.15, 0.2) is 24.3 Å². The summed E-state index contributed by atoms with van der Waals surface area (Å²) in [6.45, 7) is 3.68. The van der Waals surface area contributed by atoms with Crippen LogP contribution in [0.3, 0.4) is 0 Å². The molecule has 0 aliphatic heterocycles. The van der Waals surface area contributed by atoms with Gasteiger partial charge in [-0.05, 0) is 50.8 Å². The summed E-state index contributed by atoms with van der Waals surface area (Å²) >= 11 is 0. The molecule has 0 aromatic heterocycles. The van der Waals surface area contributed by atoms with Crippen molar-refractivity contribution in [1.29, 1.82) is 0 Å². The Labute approximate surface area is 154 Å². The van der Waals surface area contributed by atoms with Crippen molar-refractivity contribution in [2.45, 2.75) is 58.4 Å². The summed E-state index contributed by atoms with van der Waals surface area (Å²) in [7, 11) is 0. The molecule has 1 aromatic rings. The third-order valence-electron chi connectivity index (χ3n) is 4.61. The standard InChI is InChI=1S/C20H28N2O4/c1-3-26-20(25)16-10-7-11-17(13-16)22-19(24)14(2)21-18(23)12-15-8-5-4-6-9-15/h7,10-11,13-15H,3-6,8-9,12H2,1-2H3,(H,21,23)(H,22,24). The highest BCUT2D eigenvalue weighted by molar-refractivity contribution is 5.98. The van der Waals surface area contributed by atoms with Gasteiger partial charge >= 0.3 is 5.97 Å². The molecule has 1 atom stereocenters. The van der Waals surface area contributed by atoms with E-state index in [1.165, 1.54) is 19.3 Å². The summed E-state index contributed by atoms with van der Waals surface area (Å²) in [5.41, 5.74) is 0.868. The molecule has 6 heteroatoms. The minimum atomic E-state index is -0.641. The van der Waals surface area contributed by atoms with Gasteiger partial charge in [-0.25, -0.2) is 4.79 Å². The maximum Gasteiger partial charge on any atom is 0.338 e. The average molecular weight is 360 g/mol. The predicted octanol–water partition coefficient (Wildman–Crippen LogP) is 3.28. The van der Waals surface area contributed by atoms with Crippen LogP contribution in [-0.4, -0.2) is 30.4 Å². The van der Waals surface area contributed by atoms with Crippen LogP contribution in [-0.2, 0) is 14.3 Å². The minimum Gasteiger partial charge on any atom is -0.462 e. The Morgan fingerprint density at radius 1 is 1.19 bits per heavy atom. The first kappa shape index (κ1) is 19.9. The van der Waals surface area contributed by atoms with E-state index >= 15 is 0 Å². The topological polar surface area (TPSA) is 84.5 Å². The van der Waals surface area contributed by atoms with E-state index < -0.39 is 12.0 Å². The molecule has 142 valence electrons. The highest BCUT2D eigenvalue weighted by atomic mass is 16.5. The molecule has 0 spiro atoms. The molecule has 2 amide bonds. The molecule has 0 radical (unpaired) electrons. The quantitative estimate of drug-likeness (QED) is 0.731. The zero-order valence-electron chi connectivity index (χ0n) is 15.5. The molecule has 0 bridgehead atoms. The molecule has 1 unspecified atom stereocenters. The zero-order valence-corrected chi connectivity index (χ0v) is 15.5. The molecule has 2 rings (SSSR count). The van der Waals surface area contributed by atoms with Crippen molar-refractivity contribution in [2.75, 3.05) is 11.9 Å². The lowest BCUT2D eigenvalue weighted by molar-refractivity contribution is -0.126. The number of rotatable bonds is 7. The number of ether oxygens (including phenoxy) is 1. The van der Waals surface area contributed by atoms with Crippen LogP contribution < -0.4 is 10.6 Å². The van der Waals surface area contributed by atoms with E-state index in [1.54, 1.807) is 38.1 Å². The molecule has 6 nitrogen and oxygen atoms in total. The largest absolute Gasteiger partial charge is 0.462 e. The van der Waals surface area contributed by atoms with Crippen molar-refractivity contribution in [3.05, 3.63) is 29.8 Å². The van der Waals surface area contributed by atoms with Gasteiger partial charge in [0.15, 0.2) is 0 Å². The Morgan fingerprint density at radius 3 is 2.62 bits per heavy atom. The second-order valence-electron chi connectivity index (χ2n) is 6.79. The van der Waals surface area contributed by atoms with Crippen LogP contribution in [0.4, 0.5) is 5.69 Å². The van der Waals surface area contributed by atoms with Crippen molar-refractivity contribution >= 4 is 23.5 Å². The highest BCUT2D eigenvalue weighted by Crippen LogP contribution is 2.26. The molecule has 26 heavy (non-hydrogen) atoms.